The highest BCUT2D eigenvalue weighted by Gasteiger charge is 2.35. The van der Waals surface area contributed by atoms with E-state index in [0.29, 0.717) is 11.3 Å². The lowest BCUT2D eigenvalue weighted by Gasteiger charge is -2.26. The van der Waals surface area contributed by atoms with Crippen molar-refractivity contribution in [2.75, 3.05) is 4.90 Å². The van der Waals surface area contributed by atoms with Crippen molar-refractivity contribution in [1.29, 1.82) is 0 Å². The number of fused-ring (bicyclic) bond motifs is 1. The SMILES string of the molecule is CC(=O)C1=C(C)N(c2ccc(C)cc2)C(=C2CCc3ccccc3C2=O)S1. The smallest absolute Gasteiger partial charge is 0.191 e. The fourth-order valence-electron chi connectivity index (χ4n) is 3.70. The van der Waals surface area contributed by atoms with Crippen molar-refractivity contribution in [1.82, 2.24) is 0 Å². The van der Waals surface area contributed by atoms with Gasteiger partial charge in [0.1, 0.15) is 0 Å². The molecule has 0 atom stereocenters. The summed E-state index contributed by atoms with van der Waals surface area (Å²) in [6.45, 7) is 5.59. The summed E-state index contributed by atoms with van der Waals surface area (Å²) in [6, 6.07) is 16.0. The number of allylic oxidation sites excluding steroid dienone is 3. The maximum absolute atomic E-state index is 13.2. The van der Waals surface area contributed by atoms with Gasteiger partial charge in [-0.25, -0.2) is 0 Å². The van der Waals surface area contributed by atoms with Crippen LogP contribution in [0.2, 0.25) is 0 Å². The molecular formula is C23H21NO2S. The fraction of sp³-hybridized carbons (Fsp3) is 0.217. The van der Waals surface area contributed by atoms with Crippen molar-refractivity contribution in [3.63, 3.8) is 0 Å². The zero-order valence-corrected chi connectivity index (χ0v) is 16.5. The third-order valence-corrected chi connectivity index (χ3v) is 6.53. The number of anilines is 1. The van der Waals surface area contributed by atoms with Crippen LogP contribution in [0.4, 0.5) is 5.69 Å². The molecule has 0 aromatic heterocycles. The van der Waals surface area contributed by atoms with Gasteiger partial charge in [-0.1, -0.05) is 53.7 Å². The number of hydrogen-bond donors (Lipinski definition) is 0. The van der Waals surface area contributed by atoms with Crippen molar-refractivity contribution in [2.24, 2.45) is 0 Å². The minimum Gasteiger partial charge on any atom is -0.307 e. The number of nitrogens with zero attached hydrogens (tertiary/aromatic N) is 1. The second-order valence-electron chi connectivity index (χ2n) is 7.01. The predicted molar refractivity (Wildman–Crippen MR) is 111 cm³/mol. The van der Waals surface area contributed by atoms with Crippen molar-refractivity contribution in [3.8, 4) is 0 Å². The van der Waals surface area contributed by atoms with Crippen LogP contribution in [0.15, 0.2) is 69.7 Å². The van der Waals surface area contributed by atoms with Gasteiger partial charge in [0.05, 0.1) is 9.93 Å². The lowest BCUT2D eigenvalue weighted by Crippen LogP contribution is -2.22. The molecule has 0 saturated heterocycles. The van der Waals surface area contributed by atoms with Gasteiger partial charge in [-0.2, -0.15) is 0 Å². The van der Waals surface area contributed by atoms with Gasteiger partial charge in [-0.3, -0.25) is 9.59 Å². The second-order valence-corrected chi connectivity index (χ2v) is 8.01. The predicted octanol–water partition coefficient (Wildman–Crippen LogP) is 5.41. The molecule has 0 bridgehead atoms. The number of Topliss-reactive ketones (excluding diaryl/α,β-unsaturated/α-hetero) is 2. The van der Waals surface area contributed by atoms with E-state index >= 15 is 0 Å². The minimum absolute atomic E-state index is 0.0360. The Morgan fingerprint density at radius 2 is 1.70 bits per heavy atom. The number of rotatable bonds is 2. The molecule has 0 spiro atoms. The molecule has 0 saturated carbocycles. The Bertz CT molecular complexity index is 1010. The molecule has 0 unspecified atom stereocenters. The van der Waals surface area contributed by atoms with Crippen LogP contribution in [0, 0.1) is 6.92 Å². The van der Waals surface area contributed by atoms with Gasteiger partial charge in [0.15, 0.2) is 11.6 Å². The van der Waals surface area contributed by atoms with Gasteiger partial charge in [0.2, 0.25) is 0 Å². The molecule has 1 aliphatic heterocycles. The number of benzene rings is 2. The summed E-state index contributed by atoms with van der Waals surface area (Å²) in [5.74, 6) is 0.114. The monoisotopic (exact) mass is 375 g/mol. The van der Waals surface area contributed by atoms with Crippen LogP contribution in [0.25, 0.3) is 0 Å². The van der Waals surface area contributed by atoms with E-state index in [1.54, 1.807) is 6.92 Å². The molecule has 0 fully saturated rings. The fourth-order valence-corrected chi connectivity index (χ4v) is 4.93. The van der Waals surface area contributed by atoms with E-state index in [2.05, 4.69) is 17.0 Å². The molecule has 4 rings (SSSR count). The molecule has 27 heavy (non-hydrogen) atoms. The number of hydrogen-bond acceptors (Lipinski definition) is 4. The lowest BCUT2D eigenvalue weighted by molar-refractivity contribution is -0.113. The average Bonchev–Trinajstić information content (AvgIpc) is 3.00. The first-order chi connectivity index (χ1) is 13.0. The zero-order valence-electron chi connectivity index (χ0n) is 15.7. The van der Waals surface area contributed by atoms with Crippen LogP contribution in [0.3, 0.4) is 0 Å². The Balaban J connectivity index is 1.86. The Kier molecular flexibility index (Phi) is 4.52. The zero-order chi connectivity index (χ0) is 19.1. The molecular weight excluding hydrogens is 354 g/mol. The van der Waals surface area contributed by atoms with Gasteiger partial charge in [0.25, 0.3) is 0 Å². The van der Waals surface area contributed by atoms with Crippen LogP contribution < -0.4 is 4.90 Å². The molecule has 2 aliphatic rings. The number of thioether (sulfide) groups is 1. The van der Waals surface area contributed by atoms with E-state index in [0.717, 1.165) is 39.5 Å². The first-order valence-electron chi connectivity index (χ1n) is 9.09. The molecule has 0 amide bonds. The Morgan fingerprint density at radius 1 is 1.00 bits per heavy atom. The molecule has 1 aliphatic carbocycles. The number of carbonyl (C=O) groups is 2. The minimum atomic E-state index is 0.0360. The number of ketones is 2. The van der Waals surface area contributed by atoms with Gasteiger partial charge < -0.3 is 4.90 Å². The molecule has 2 aromatic carbocycles. The first kappa shape index (κ1) is 17.8. The van der Waals surface area contributed by atoms with Gasteiger partial charge in [-0.15, -0.1) is 0 Å². The molecule has 2 aromatic rings. The van der Waals surface area contributed by atoms with Crippen molar-refractivity contribution in [2.45, 2.75) is 33.6 Å². The van der Waals surface area contributed by atoms with Crippen LogP contribution in [0.5, 0.6) is 0 Å². The molecule has 136 valence electrons. The first-order valence-corrected chi connectivity index (χ1v) is 9.91. The Labute approximate surface area is 163 Å². The average molecular weight is 375 g/mol. The molecule has 0 N–H and O–H groups in total. The summed E-state index contributed by atoms with van der Waals surface area (Å²) in [6.07, 6.45) is 1.54. The molecule has 0 radical (unpaired) electrons. The van der Waals surface area contributed by atoms with Crippen LogP contribution in [-0.2, 0) is 11.2 Å². The van der Waals surface area contributed by atoms with E-state index < -0.39 is 0 Å². The van der Waals surface area contributed by atoms with Crippen LogP contribution in [0.1, 0.15) is 41.8 Å². The standard InChI is InChI=1S/C23H21NO2S/c1-14-8-11-18(12-9-14)24-15(2)22(16(3)25)27-23(24)20-13-10-17-6-4-5-7-19(17)21(20)26/h4-9,11-12H,10,13H2,1-3H3. The third kappa shape index (κ3) is 3.04. The summed E-state index contributed by atoms with van der Waals surface area (Å²) in [4.78, 5) is 28.2. The van der Waals surface area contributed by atoms with E-state index in [-0.39, 0.29) is 11.6 Å². The largest absolute Gasteiger partial charge is 0.307 e. The Hall–Kier alpha value is -2.59. The van der Waals surface area contributed by atoms with Gasteiger partial charge in [0, 0.05) is 22.5 Å². The maximum atomic E-state index is 13.2. The highest BCUT2D eigenvalue weighted by molar-refractivity contribution is 8.08. The topological polar surface area (TPSA) is 37.4 Å². The van der Waals surface area contributed by atoms with E-state index in [9.17, 15) is 9.59 Å². The summed E-state index contributed by atoms with van der Waals surface area (Å²) in [7, 11) is 0. The third-order valence-electron chi connectivity index (χ3n) is 5.12. The van der Waals surface area contributed by atoms with Gasteiger partial charge >= 0.3 is 0 Å². The maximum Gasteiger partial charge on any atom is 0.191 e. The highest BCUT2D eigenvalue weighted by Crippen LogP contribution is 2.47. The van der Waals surface area contributed by atoms with Gasteiger partial charge in [-0.05, 0) is 51.3 Å². The van der Waals surface area contributed by atoms with Crippen LogP contribution >= 0.6 is 11.8 Å². The molecule has 3 nitrogen and oxygen atoms in total. The summed E-state index contributed by atoms with van der Waals surface area (Å²) in [5, 5.41) is 0.876. The Morgan fingerprint density at radius 3 is 2.41 bits per heavy atom. The van der Waals surface area contributed by atoms with Crippen LogP contribution in [-0.4, -0.2) is 11.6 Å². The number of carbonyl (C=O) groups excluding carboxylic acids is 2. The van der Waals surface area contributed by atoms with Crippen molar-refractivity contribution in [3.05, 3.63) is 86.4 Å². The molecule has 4 heteroatoms. The summed E-state index contributed by atoms with van der Waals surface area (Å²) in [5.41, 5.74) is 5.74. The number of aryl methyl sites for hydroxylation is 2. The molecule has 1 heterocycles. The lowest BCUT2D eigenvalue weighted by atomic mass is 9.87. The quantitative estimate of drug-likeness (QED) is 0.658. The highest BCUT2D eigenvalue weighted by atomic mass is 32.2. The summed E-state index contributed by atoms with van der Waals surface area (Å²) >= 11 is 1.43. The second kappa shape index (κ2) is 6.86. The van der Waals surface area contributed by atoms with E-state index in [4.69, 9.17) is 0 Å². The van der Waals surface area contributed by atoms with Crippen molar-refractivity contribution >= 4 is 29.0 Å². The summed E-state index contributed by atoms with van der Waals surface area (Å²) < 4.78 is 0. The van der Waals surface area contributed by atoms with E-state index in [1.807, 2.05) is 50.2 Å². The van der Waals surface area contributed by atoms with E-state index in [1.165, 1.54) is 17.3 Å². The van der Waals surface area contributed by atoms with Crippen molar-refractivity contribution < 1.29 is 9.59 Å². The normalized spacial score (nSPS) is 19.5.